The molecule has 0 saturated carbocycles. The zero-order valence-electron chi connectivity index (χ0n) is 12.4. The Bertz CT molecular complexity index is 441. The Morgan fingerprint density at radius 1 is 1.45 bits per heavy atom. The predicted molar refractivity (Wildman–Crippen MR) is 82.0 cm³/mol. The number of pyridine rings is 1. The van der Waals surface area contributed by atoms with E-state index in [2.05, 4.69) is 15.6 Å². The summed E-state index contributed by atoms with van der Waals surface area (Å²) in [5.41, 5.74) is 0.785. The van der Waals surface area contributed by atoms with Gasteiger partial charge in [-0.05, 0) is 50.4 Å². The van der Waals surface area contributed by atoms with Crippen LogP contribution in [0.1, 0.15) is 25.7 Å². The molecule has 1 aliphatic heterocycles. The van der Waals surface area contributed by atoms with Gasteiger partial charge in [0.25, 0.3) is 0 Å². The summed E-state index contributed by atoms with van der Waals surface area (Å²) in [6, 6.07) is 3.74. The van der Waals surface area contributed by atoms with Gasteiger partial charge < -0.3 is 15.5 Å². The van der Waals surface area contributed by atoms with Crippen LogP contribution in [-0.2, 0) is 4.79 Å². The maximum absolute atomic E-state index is 12.1. The Balaban J connectivity index is 1.85. The number of piperidine rings is 1. The van der Waals surface area contributed by atoms with Crippen molar-refractivity contribution in [3.8, 4) is 0 Å². The first-order valence-corrected chi connectivity index (χ1v) is 7.29. The van der Waals surface area contributed by atoms with Crippen LogP contribution in [0, 0.1) is 5.92 Å². The fraction of sp³-hybridized carbons (Fsp3) is 0.600. The van der Waals surface area contributed by atoms with Crippen molar-refractivity contribution in [3.05, 3.63) is 18.3 Å². The molecular formula is C15H24N4O. The van der Waals surface area contributed by atoms with Gasteiger partial charge in [-0.25, -0.2) is 4.98 Å². The molecule has 20 heavy (non-hydrogen) atoms. The van der Waals surface area contributed by atoms with E-state index in [0.717, 1.165) is 31.0 Å². The lowest BCUT2D eigenvalue weighted by Crippen LogP contribution is -2.28. The minimum atomic E-state index is 0.0830. The van der Waals surface area contributed by atoms with Gasteiger partial charge in [0.15, 0.2) is 5.82 Å². The summed E-state index contributed by atoms with van der Waals surface area (Å²) in [5, 5.41) is 6.32. The number of aromatic nitrogens is 1. The van der Waals surface area contributed by atoms with Gasteiger partial charge in [0.05, 0.1) is 5.69 Å². The van der Waals surface area contributed by atoms with E-state index in [-0.39, 0.29) is 5.91 Å². The van der Waals surface area contributed by atoms with Gasteiger partial charge in [-0.2, -0.15) is 0 Å². The summed E-state index contributed by atoms with van der Waals surface area (Å²) in [5.74, 6) is 1.56. The summed E-state index contributed by atoms with van der Waals surface area (Å²) in [4.78, 5) is 18.2. The lowest BCUT2D eigenvalue weighted by molar-refractivity contribution is -0.116. The van der Waals surface area contributed by atoms with Gasteiger partial charge in [0, 0.05) is 26.7 Å². The minimum Gasteiger partial charge on any atom is -0.361 e. The molecule has 2 heterocycles. The van der Waals surface area contributed by atoms with Crippen molar-refractivity contribution in [2.75, 3.05) is 37.4 Å². The first kappa shape index (κ1) is 14.8. The van der Waals surface area contributed by atoms with Crippen molar-refractivity contribution in [1.82, 2.24) is 10.3 Å². The van der Waals surface area contributed by atoms with Gasteiger partial charge in [0.1, 0.15) is 0 Å². The van der Waals surface area contributed by atoms with Crippen LogP contribution in [0.15, 0.2) is 18.3 Å². The highest BCUT2D eigenvalue weighted by Crippen LogP contribution is 2.22. The van der Waals surface area contributed by atoms with Crippen LogP contribution in [0.25, 0.3) is 0 Å². The number of rotatable bonds is 5. The fourth-order valence-corrected chi connectivity index (χ4v) is 2.57. The van der Waals surface area contributed by atoms with Gasteiger partial charge in [-0.15, -0.1) is 0 Å². The third kappa shape index (κ3) is 4.20. The highest BCUT2D eigenvalue weighted by atomic mass is 16.1. The lowest BCUT2D eigenvalue weighted by atomic mass is 9.93. The third-order valence-corrected chi connectivity index (χ3v) is 3.72. The van der Waals surface area contributed by atoms with Gasteiger partial charge >= 0.3 is 0 Å². The normalized spacial score (nSPS) is 15.9. The Morgan fingerprint density at radius 3 is 2.90 bits per heavy atom. The van der Waals surface area contributed by atoms with Crippen molar-refractivity contribution < 1.29 is 4.79 Å². The number of amides is 1. The fourth-order valence-electron chi connectivity index (χ4n) is 2.57. The second-order valence-corrected chi connectivity index (χ2v) is 5.55. The summed E-state index contributed by atoms with van der Waals surface area (Å²) < 4.78 is 0. The number of nitrogens with one attached hydrogen (secondary N) is 2. The van der Waals surface area contributed by atoms with Crippen molar-refractivity contribution in [1.29, 1.82) is 0 Å². The first-order chi connectivity index (χ1) is 9.66. The molecule has 1 saturated heterocycles. The SMILES string of the molecule is CN(C)c1ncccc1NC(=O)CCC1CCNCC1. The van der Waals surface area contributed by atoms with Gasteiger partial charge in [-0.1, -0.05) is 0 Å². The maximum atomic E-state index is 12.1. The molecule has 1 aliphatic rings. The maximum Gasteiger partial charge on any atom is 0.224 e. The number of hydrogen-bond donors (Lipinski definition) is 2. The minimum absolute atomic E-state index is 0.0830. The molecule has 2 N–H and O–H groups in total. The Hall–Kier alpha value is -1.62. The monoisotopic (exact) mass is 276 g/mol. The van der Waals surface area contributed by atoms with Crippen LogP contribution in [0.5, 0.6) is 0 Å². The second-order valence-electron chi connectivity index (χ2n) is 5.55. The lowest BCUT2D eigenvalue weighted by Gasteiger charge is -2.22. The number of nitrogens with zero attached hydrogens (tertiary/aromatic N) is 2. The molecule has 5 nitrogen and oxygen atoms in total. The average Bonchev–Trinajstić information content (AvgIpc) is 2.46. The molecule has 0 atom stereocenters. The van der Waals surface area contributed by atoms with Crippen molar-refractivity contribution in [3.63, 3.8) is 0 Å². The molecule has 0 spiro atoms. The Kier molecular flexibility index (Phi) is 5.35. The Morgan fingerprint density at radius 2 is 2.20 bits per heavy atom. The van der Waals surface area contributed by atoms with Crippen molar-refractivity contribution in [2.45, 2.75) is 25.7 Å². The highest BCUT2D eigenvalue weighted by molar-refractivity contribution is 5.93. The summed E-state index contributed by atoms with van der Waals surface area (Å²) in [6.45, 7) is 2.17. The molecule has 0 bridgehead atoms. The highest BCUT2D eigenvalue weighted by Gasteiger charge is 2.15. The molecule has 2 rings (SSSR count). The molecule has 1 aromatic rings. The Labute approximate surface area is 120 Å². The van der Waals surface area contributed by atoms with Crippen molar-refractivity contribution >= 4 is 17.4 Å². The van der Waals surface area contributed by atoms with E-state index in [1.807, 2.05) is 31.1 Å². The predicted octanol–water partition coefficient (Wildman–Crippen LogP) is 1.87. The first-order valence-electron chi connectivity index (χ1n) is 7.29. The molecule has 1 aromatic heterocycles. The van der Waals surface area contributed by atoms with E-state index >= 15 is 0 Å². The van der Waals surface area contributed by atoms with E-state index in [0.29, 0.717) is 12.3 Å². The topological polar surface area (TPSA) is 57.3 Å². The zero-order chi connectivity index (χ0) is 14.4. The zero-order valence-corrected chi connectivity index (χ0v) is 12.4. The van der Waals surface area contributed by atoms with Crippen LogP contribution in [0.4, 0.5) is 11.5 Å². The van der Waals surface area contributed by atoms with E-state index < -0.39 is 0 Å². The smallest absolute Gasteiger partial charge is 0.224 e. The van der Waals surface area contributed by atoms with Crippen LogP contribution >= 0.6 is 0 Å². The van der Waals surface area contributed by atoms with Gasteiger partial charge in [0.2, 0.25) is 5.91 Å². The van der Waals surface area contributed by atoms with E-state index in [1.54, 1.807) is 6.20 Å². The molecule has 0 radical (unpaired) electrons. The summed E-state index contributed by atoms with van der Waals surface area (Å²) in [6.07, 6.45) is 5.67. The van der Waals surface area contributed by atoms with Crippen LogP contribution in [0.3, 0.4) is 0 Å². The number of carbonyl (C=O) groups excluding carboxylic acids is 1. The van der Waals surface area contributed by atoms with E-state index in [1.165, 1.54) is 12.8 Å². The molecule has 0 aromatic carbocycles. The standard InChI is InChI=1S/C15H24N4O/c1-19(2)15-13(4-3-9-17-15)18-14(20)6-5-12-7-10-16-11-8-12/h3-4,9,12,16H,5-8,10-11H2,1-2H3,(H,18,20). The largest absolute Gasteiger partial charge is 0.361 e. The molecule has 1 fully saturated rings. The number of carbonyl (C=O) groups is 1. The second kappa shape index (κ2) is 7.24. The molecular weight excluding hydrogens is 252 g/mol. The van der Waals surface area contributed by atoms with E-state index in [4.69, 9.17) is 0 Å². The molecule has 0 unspecified atom stereocenters. The number of hydrogen-bond acceptors (Lipinski definition) is 4. The van der Waals surface area contributed by atoms with Crippen LogP contribution < -0.4 is 15.5 Å². The number of anilines is 2. The van der Waals surface area contributed by atoms with Crippen LogP contribution in [0.2, 0.25) is 0 Å². The van der Waals surface area contributed by atoms with Gasteiger partial charge in [-0.3, -0.25) is 4.79 Å². The molecule has 5 heteroatoms. The molecule has 0 aliphatic carbocycles. The molecule has 110 valence electrons. The quantitative estimate of drug-likeness (QED) is 0.862. The summed E-state index contributed by atoms with van der Waals surface area (Å²) in [7, 11) is 3.85. The van der Waals surface area contributed by atoms with Crippen LogP contribution in [-0.4, -0.2) is 38.1 Å². The van der Waals surface area contributed by atoms with E-state index in [9.17, 15) is 4.79 Å². The average molecular weight is 276 g/mol. The summed E-state index contributed by atoms with van der Waals surface area (Å²) >= 11 is 0. The third-order valence-electron chi connectivity index (χ3n) is 3.72. The van der Waals surface area contributed by atoms with Crippen molar-refractivity contribution in [2.24, 2.45) is 5.92 Å². The molecule has 1 amide bonds.